The molecule has 3 amide bonds. The minimum atomic E-state index is -1.05. The Kier molecular flexibility index (Phi) is 5.06. The molecule has 7 unspecified atom stereocenters. The molecule has 31 heavy (non-hydrogen) atoms. The monoisotopic (exact) mass is 423 g/mol. The highest BCUT2D eigenvalue weighted by Gasteiger charge is 2.57. The van der Waals surface area contributed by atoms with Gasteiger partial charge in [0.25, 0.3) is 0 Å². The Hall–Kier alpha value is -2.37. The molecule has 0 spiro atoms. The maximum Gasteiger partial charge on any atom is 0.238 e. The fourth-order valence-corrected chi connectivity index (χ4v) is 7.24. The zero-order valence-electron chi connectivity index (χ0n) is 18.3. The van der Waals surface area contributed by atoms with Crippen LogP contribution in [0.2, 0.25) is 0 Å². The van der Waals surface area contributed by atoms with Crippen LogP contribution in [0.25, 0.3) is 0 Å². The van der Waals surface area contributed by atoms with Gasteiger partial charge in [0.05, 0.1) is 0 Å². The van der Waals surface area contributed by atoms with E-state index in [0.29, 0.717) is 37.3 Å². The number of nitrogens with two attached hydrogens (primary N) is 1. The van der Waals surface area contributed by atoms with Crippen molar-refractivity contribution >= 4 is 17.7 Å². The van der Waals surface area contributed by atoms with Gasteiger partial charge in [0, 0.05) is 25.0 Å². The topological polar surface area (TPSA) is 92.5 Å². The number of likely N-dealkylation sites (tertiary alicyclic amines) is 1. The molecule has 1 saturated heterocycles. The van der Waals surface area contributed by atoms with Crippen LogP contribution >= 0.6 is 0 Å². The Balaban J connectivity index is 1.32. The standard InChI is InChI=1S/C25H33N3O3/c1-25(8-5-9-28(24(25)31)14-15-6-3-2-4-7-15)23(30)27-21-18-11-16-10-17(13-18)20(22(26)29)19(21)12-16/h2-4,6-7,16-21H,5,8-14H2,1H3,(H2,26,29)(H,27,30). The van der Waals surface area contributed by atoms with Gasteiger partial charge in [-0.1, -0.05) is 30.3 Å². The van der Waals surface area contributed by atoms with E-state index in [9.17, 15) is 14.4 Å². The van der Waals surface area contributed by atoms with Gasteiger partial charge in [0.15, 0.2) is 0 Å². The van der Waals surface area contributed by atoms with E-state index < -0.39 is 5.41 Å². The lowest BCUT2D eigenvalue weighted by atomic mass is 9.49. The molecule has 0 radical (unpaired) electrons. The first-order chi connectivity index (χ1) is 14.9. The van der Waals surface area contributed by atoms with Crippen LogP contribution in [0.5, 0.6) is 0 Å². The number of benzene rings is 1. The van der Waals surface area contributed by atoms with Crippen LogP contribution in [0.4, 0.5) is 0 Å². The van der Waals surface area contributed by atoms with Crippen LogP contribution in [-0.4, -0.2) is 35.2 Å². The van der Waals surface area contributed by atoms with Gasteiger partial charge in [-0.3, -0.25) is 14.4 Å². The average molecular weight is 424 g/mol. The Labute approximate surface area is 183 Å². The van der Waals surface area contributed by atoms with Crippen LogP contribution in [0.1, 0.15) is 51.0 Å². The highest BCUT2D eigenvalue weighted by Crippen LogP contribution is 2.56. The number of rotatable bonds is 5. The molecule has 3 N–H and O–H groups in total. The first-order valence-corrected chi connectivity index (χ1v) is 11.8. The summed E-state index contributed by atoms with van der Waals surface area (Å²) in [6.45, 7) is 3.01. The predicted octanol–water partition coefficient (Wildman–Crippen LogP) is 2.47. The normalized spacial score (nSPS) is 38.9. The zero-order chi connectivity index (χ0) is 21.8. The number of hydrogen-bond donors (Lipinski definition) is 2. The van der Waals surface area contributed by atoms with E-state index in [1.807, 2.05) is 35.2 Å². The summed E-state index contributed by atoms with van der Waals surface area (Å²) < 4.78 is 0. The van der Waals surface area contributed by atoms with Gasteiger partial charge in [0.2, 0.25) is 17.7 Å². The van der Waals surface area contributed by atoms with E-state index in [1.54, 1.807) is 6.92 Å². The van der Waals surface area contributed by atoms with Crippen LogP contribution in [0.3, 0.4) is 0 Å². The van der Waals surface area contributed by atoms with E-state index in [1.165, 1.54) is 0 Å². The van der Waals surface area contributed by atoms with Crippen LogP contribution in [0, 0.1) is 35.0 Å². The Morgan fingerprint density at radius 2 is 1.87 bits per heavy atom. The lowest BCUT2D eigenvalue weighted by Gasteiger charge is -2.57. The summed E-state index contributed by atoms with van der Waals surface area (Å²) in [6, 6.07) is 9.89. The molecule has 4 bridgehead atoms. The second-order valence-electron chi connectivity index (χ2n) is 10.6. The summed E-state index contributed by atoms with van der Waals surface area (Å²) in [5.74, 6) is 0.952. The average Bonchev–Trinajstić information content (AvgIpc) is 2.74. The van der Waals surface area contributed by atoms with E-state index in [2.05, 4.69) is 5.32 Å². The number of amides is 3. The molecule has 1 aliphatic heterocycles. The fraction of sp³-hybridized carbons (Fsp3) is 0.640. The van der Waals surface area contributed by atoms with Crippen molar-refractivity contribution in [1.29, 1.82) is 0 Å². The van der Waals surface area contributed by atoms with Gasteiger partial charge in [-0.05, 0) is 74.7 Å². The highest BCUT2D eigenvalue weighted by molar-refractivity contribution is 6.05. The number of carbonyl (C=O) groups is 3. The zero-order valence-corrected chi connectivity index (χ0v) is 18.3. The van der Waals surface area contributed by atoms with Gasteiger partial charge in [-0.2, -0.15) is 0 Å². The van der Waals surface area contributed by atoms with E-state index in [4.69, 9.17) is 5.73 Å². The van der Waals surface area contributed by atoms with Crippen molar-refractivity contribution in [2.75, 3.05) is 6.54 Å². The Bertz CT molecular complexity index is 887. The molecule has 6 nitrogen and oxygen atoms in total. The van der Waals surface area contributed by atoms with Gasteiger partial charge >= 0.3 is 0 Å². The number of primary amides is 1. The lowest BCUT2D eigenvalue weighted by molar-refractivity contribution is -0.157. The SMILES string of the molecule is CC1(C(=O)NC2C3CC4CC(C3)C(C(N)=O)C2C4)CCCN(Cc2ccccc2)C1=O. The van der Waals surface area contributed by atoms with E-state index in [-0.39, 0.29) is 35.6 Å². The third-order valence-electron chi connectivity index (χ3n) is 8.63. The Morgan fingerprint density at radius 3 is 2.61 bits per heavy atom. The Morgan fingerprint density at radius 1 is 1.13 bits per heavy atom. The molecule has 4 saturated carbocycles. The van der Waals surface area contributed by atoms with Crippen molar-refractivity contribution in [2.45, 2.75) is 58.0 Å². The minimum absolute atomic E-state index is 0.0353. The number of nitrogens with zero attached hydrogens (tertiary/aromatic N) is 1. The highest BCUT2D eigenvalue weighted by atomic mass is 16.2. The molecule has 1 aromatic carbocycles. The second-order valence-corrected chi connectivity index (χ2v) is 10.6. The molecule has 7 atom stereocenters. The molecule has 5 aliphatic rings. The van der Waals surface area contributed by atoms with Gasteiger partial charge in [-0.25, -0.2) is 0 Å². The largest absolute Gasteiger partial charge is 0.369 e. The quantitative estimate of drug-likeness (QED) is 0.713. The summed E-state index contributed by atoms with van der Waals surface area (Å²) in [5.41, 5.74) is 5.80. The maximum absolute atomic E-state index is 13.5. The van der Waals surface area contributed by atoms with Gasteiger partial charge in [0.1, 0.15) is 5.41 Å². The van der Waals surface area contributed by atoms with Crippen LogP contribution < -0.4 is 11.1 Å². The molecule has 1 heterocycles. The number of piperidine rings is 1. The van der Waals surface area contributed by atoms with Crippen LogP contribution in [0.15, 0.2) is 30.3 Å². The first-order valence-electron chi connectivity index (χ1n) is 11.8. The van der Waals surface area contributed by atoms with Crippen molar-refractivity contribution in [3.63, 3.8) is 0 Å². The van der Waals surface area contributed by atoms with Crippen molar-refractivity contribution < 1.29 is 14.4 Å². The second kappa shape index (κ2) is 7.64. The van der Waals surface area contributed by atoms with Crippen molar-refractivity contribution in [2.24, 2.45) is 40.7 Å². The van der Waals surface area contributed by atoms with Gasteiger partial charge < -0.3 is 16.0 Å². The molecule has 166 valence electrons. The molecule has 4 aliphatic carbocycles. The van der Waals surface area contributed by atoms with E-state index >= 15 is 0 Å². The van der Waals surface area contributed by atoms with Crippen molar-refractivity contribution in [3.05, 3.63) is 35.9 Å². The molecular weight excluding hydrogens is 390 g/mol. The van der Waals surface area contributed by atoms with E-state index in [0.717, 1.165) is 37.7 Å². The maximum atomic E-state index is 13.5. The molecule has 1 aromatic rings. The van der Waals surface area contributed by atoms with Crippen LogP contribution in [-0.2, 0) is 20.9 Å². The molecule has 6 heteroatoms. The smallest absolute Gasteiger partial charge is 0.238 e. The fourth-order valence-electron chi connectivity index (χ4n) is 7.24. The predicted molar refractivity (Wildman–Crippen MR) is 116 cm³/mol. The summed E-state index contributed by atoms with van der Waals surface area (Å²) in [7, 11) is 0. The lowest BCUT2D eigenvalue weighted by Crippen LogP contribution is -2.64. The third kappa shape index (κ3) is 3.44. The summed E-state index contributed by atoms with van der Waals surface area (Å²) >= 11 is 0. The number of hydrogen-bond acceptors (Lipinski definition) is 3. The molecule has 6 rings (SSSR count). The minimum Gasteiger partial charge on any atom is -0.369 e. The first kappa shape index (κ1) is 20.5. The van der Waals surface area contributed by atoms with Crippen molar-refractivity contribution in [3.8, 4) is 0 Å². The third-order valence-corrected chi connectivity index (χ3v) is 8.63. The summed E-state index contributed by atoms with van der Waals surface area (Å²) in [5, 5.41) is 3.28. The molecule has 0 aromatic heterocycles. The van der Waals surface area contributed by atoms with Gasteiger partial charge in [-0.15, -0.1) is 0 Å². The van der Waals surface area contributed by atoms with Crippen molar-refractivity contribution in [1.82, 2.24) is 10.2 Å². The molecular formula is C25H33N3O3. The molecule has 5 fully saturated rings. The summed E-state index contributed by atoms with van der Waals surface area (Å²) in [4.78, 5) is 40.9. The summed E-state index contributed by atoms with van der Waals surface area (Å²) in [6.07, 6.45) is 5.54. The number of nitrogens with one attached hydrogen (secondary N) is 1. The number of carbonyl (C=O) groups excluding carboxylic acids is 3.